The molecule has 0 atom stereocenters. The monoisotopic (exact) mass is 179 g/mol. The van der Waals surface area contributed by atoms with E-state index in [0.717, 1.165) is 21.7 Å². The maximum atomic E-state index is 4.30. The average Bonchev–Trinajstić information content (AvgIpc) is 2.29. The lowest BCUT2D eigenvalue weighted by Crippen LogP contribution is -1.81. The van der Waals surface area contributed by atoms with E-state index in [1.54, 1.807) is 12.4 Å². The molecule has 0 aliphatic rings. The van der Waals surface area contributed by atoms with Gasteiger partial charge in [0.25, 0.3) is 0 Å². The number of hydrogen-bond acceptors (Lipinski definition) is 2. The Morgan fingerprint density at radius 1 is 0.929 bits per heavy atom. The molecule has 0 fully saturated rings. The molecule has 0 spiro atoms. The lowest BCUT2D eigenvalue weighted by Gasteiger charge is -2.00. The lowest BCUT2D eigenvalue weighted by molar-refractivity contribution is 1.35. The Bertz CT molecular complexity index is 547. The van der Waals surface area contributed by atoms with Gasteiger partial charge in [-0.15, -0.1) is 0 Å². The zero-order valence-electron chi connectivity index (χ0n) is 7.44. The third kappa shape index (κ3) is 0.973. The summed E-state index contributed by atoms with van der Waals surface area (Å²) in [5, 5.41) is 3.35. The smallest absolute Gasteiger partial charge is 0.0971 e. The topological polar surface area (TPSA) is 25.8 Å². The third-order valence-corrected chi connectivity index (χ3v) is 2.33. The molecule has 14 heavy (non-hydrogen) atoms. The highest BCUT2D eigenvalue weighted by Gasteiger charge is 1.99. The molecule has 1 aromatic carbocycles. The highest BCUT2D eigenvalue weighted by molar-refractivity contribution is 6.05. The molecule has 1 radical (unpaired) electrons. The Labute approximate surface area is 81.2 Å². The van der Waals surface area contributed by atoms with Gasteiger partial charge in [0.05, 0.1) is 11.7 Å². The first kappa shape index (κ1) is 7.44. The first-order valence-electron chi connectivity index (χ1n) is 4.45. The molecule has 0 aliphatic heterocycles. The second-order valence-electron chi connectivity index (χ2n) is 3.15. The van der Waals surface area contributed by atoms with E-state index >= 15 is 0 Å². The fourth-order valence-electron chi connectivity index (χ4n) is 1.67. The first-order chi connectivity index (χ1) is 6.95. The summed E-state index contributed by atoms with van der Waals surface area (Å²) in [6.45, 7) is 0. The number of fused-ring (bicyclic) bond motifs is 3. The maximum Gasteiger partial charge on any atom is 0.0971 e. The van der Waals surface area contributed by atoms with Crippen molar-refractivity contribution in [2.75, 3.05) is 0 Å². The van der Waals surface area contributed by atoms with Crippen molar-refractivity contribution in [1.82, 2.24) is 9.97 Å². The van der Waals surface area contributed by atoms with Gasteiger partial charge in [-0.2, -0.15) is 0 Å². The summed E-state index contributed by atoms with van der Waals surface area (Å²) < 4.78 is 0. The van der Waals surface area contributed by atoms with Crippen molar-refractivity contribution in [3.63, 3.8) is 0 Å². The molecule has 0 aliphatic carbocycles. The van der Waals surface area contributed by atoms with E-state index in [1.807, 2.05) is 24.3 Å². The van der Waals surface area contributed by atoms with Crippen LogP contribution in [-0.4, -0.2) is 9.97 Å². The number of rotatable bonds is 0. The van der Waals surface area contributed by atoms with Crippen molar-refractivity contribution >= 4 is 21.7 Å². The largest absolute Gasteiger partial charge is 0.256 e. The fraction of sp³-hybridized carbons (Fsp3) is 0. The second kappa shape index (κ2) is 2.77. The number of aromatic nitrogens is 2. The molecule has 3 aromatic rings. The molecule has 0 saturated heterocycles. The molecule has 2 heteroatoms. The SMILES string of the molecule is [c]1nccc2c1ccc1ncccc12. The summed E-state index contributed by atoms with van der Waals surface area (Å²) in [5.74, 6) is 0. The van der Waals surface area contributed by atoms with Gasteiger partial charge in [0, 0.05) is 23.2 Å². The van der Waals surface area contributed by atoms with Crippen molar-refractivity contribution in [1.29, 1.82) is 0 Å². The molecule has 0 bridgehead atoms. The molecule has 65 valence electrons. The van der Waals surface area contributed by atoms with Crippen LogP contribution in [0.2, 0.25) is 0 Å². The van der Waals surface area contributed by atoms with Crippen LogP contribution < -0.4 is 0 Å². The van der Waals surface area contributed by atoms with Gasteiger partial charge in [0.1, 0.15) is 0 Å². The van der Waals surface area contributed by atoms with Crippen molar-refractivity contribution in [2.45, 2.75) is 0 Å². The lowest BCUT2D eigenvalue weighted by atomic mass is 10.1. The summed E-state index contributed by atoms with van der Waals surface area (Å²) in [7, 11) is 0. The molecular formula is C12H7N2. The highest BCUT2D eigenvalue weighted by Crippen LogP contribution is 2.21. The van der Waals surface area contributed by atoms with E-state index in [-0.39, 0.29) is 0 Å². The summed E-state index contributed by atoms with van der Waals surface area (Å²) >= 11 is 0. The Morgan fingerprint density at radius 2 is 1.93 bits per heavy atom. The predicted octanol–water partition coefficient (Wildman–Crippen LogP) is 2.58. The second-order valence-corrected chi connectivity index (χ2v) is 3.15. The van der Waals surface area contributed by atoms with Gasteiger partial charge in [-0.25, -0.2) is 0 Å². The average molecular weight is 179 g/mol. The van der Waals surface area contributed by atoms with Crippen LogP contribution in [0.3, 0.4) is 0 Å². The van der Waals surface area contributed by atoms with Gasteiger partial charge in [-0.3, -0.25) is 9.97 Å². The number of benzene rings is 1. The van der Waals surface area contributed by atoms with Crippen LogP contribution in [0.4, 0.5) is 0 Å². The Kier molecular flexibility index (Phi) is 1.47. The summed E-state index contributed by atoms with van der Waals surface area (Å²) in [6.07, 6.45) is 6.53. The molecule has 2 aromatic heterocycles. The summed E-state index contributed by atoms with van der Waals surface area (Å²) in [5.41, 5.74) is 1.01. The van der Waals surface area contributed by atoms with Crippen molar-refractivity contribution < 1.29 is 0 Å². The number of pyridine rings is 2. The number of nitrogens with zero attached hydrogens (tertiary/aromatic N) is 2. The zero-order valence-corrected chi connectivity index (χ0v) is 7.44. The standard InChI is InChI=1S/C12H7N2/c1-2-11-10-5-7-13-8-9(10)3-4-12(11)14-6-1/h1-7H. The van der Waals surface area contributed by atoms with Crippen LogP contribution in [0.25, 0.3) is 21.7 Å². The van der Waals surface area contributed by atoms with Crippen molar-refractivity contribution in [3.8, 4) is 0 Å². The van der Waals surface area contributed by atoms with Crippen LogP contribution >= 0.6 is 0 Å². The van der Waals surface area contributed by atoms with E-state index in [9.17, 15) is 0 Å². The zero-order chi connectivity index (χ0) is 9.38. The van der Waals surface area contributed by atoms with Crippen LogP contribution in [0, 0.1) is 6.20 Å². The molecule has 0 saturated carbocycles. The van der Waals surface area contributed by atoms with Gasteiger partial charge in [-0.05, 0) is 29.7 Å². The van der Waals surface area contributed by atoms with E-state index in [2.05, 4.69) is 22.2 Å². The Morgan fingerprint density at radius 3 is 2.93 bits per heavy atom. The fourth-order valence-corrected chi connectivity index (χ4v) is 1.67. The normalized spacial score (nSPS) is 10.9. The van der Waals surface area contributed by atoms with Crippen LogP contribution in [0.15, 0.2) is 42.7 Å². The van der Waals surface area contributed by atoms with Crippen molar-refractivity contribution in [2.24, 2.45) is 0 Å². The minimum Gasteiger partial charge on any atom is -0.256 e. The maximum absolute atomic E-state index is 4.30. The molecule has 2 nitrogen and oxygen atoms in total. The Hall–Kier alpha value is -1.96. The van der Waals surface area contributed by atoms with Gasteiger partial charge >= 0.3 is 0 Å². The molecule has 0 unspecified atom stereocenters. The molecule has 0 amide bonds. The van der Waals surface area contributed by atoms with Gasteiger partial charge in [0.15, 0.2) is 0 Å². The predicted molar refractivity (Wildman–Crippen MR) is 55.9 cm³/mol. The molecule has 2 heterocycles. The molecule has 3 rings (SSSR count). The van der Waals surface area contributed by atoms with Gasteiger partial charge < -0.3 is 0 Å². The van der Waals surface area contributed by atoms with E-state index in [1.165, 1.54) is 0 Å². The minimum atomic E-state index is 1.01. The van der Waals surface area contributed by atoms with Gasteiger partial charge in [-0.1, -0.05) is 6.07 Å². The quantitative estimate of drug-likeness (QED) is 0.496. The first-order valence-corrected chi connectivity index (χ1v) is 4.45. The molecule has 0 N–H and O–H groups in total. The summed E-state index contributed by atoms with van der Waals surface area (Å²) in [4.78, 5) is 8.27. The van der Waals surface area contributed by atoms with Crippen LogP contribution in [-0.2, 0) is 0 Å². The highest BCUT2D eigenvalue weighted by atomic mass is 14.6. The van der Waals surface area contributed by atoms with E-state index in [0.29, 0.717) is 0 Å². The van der Waals surface area contributed by atoms with E-state index in [4.69, 9.17) is 0 Å². The number of hydrogen-bond donors (Lipinski definition) is 0. The molecular weight excluding hydrogens is 172 g/mol. The van der Waals surface area contributed by atoms with Crippen LogP contribution in [0.5, 0.6) is 0 Å². The minimum absolute atomic E-state index is 1.01. The summed E-state index contributed by atoms with van der Waals surface area (Å²) in [6, 6.07) is 10.0. The van der Waals surface area contributed by atoms with Crippen molar-refractivity contribution in [3.05, 3.63) is 48.9 Å². The third-order valence-electron chi connectivity index (χ3n) is 2.33. The van der Waals surface area contributed by atoms with Crippen LogP contribution in [0.1, 0.15) is 0 Å². The Balaban J connectivity index is 2.61. The van der Waals surface area contributed by atoms with E-state index < -0.39 is 0 Å². The van der Waals surface area contributed by atoms with Gasteiger partial charge in [0.2, 0.25) is 0 Å².